The van der Waals surface area contributed by atoms with Crippen molar-refractivity contribution in [2.75, 3.05) is 6.54 Å². The van der Waals surface area contributed by atoms with E-state index in [0.717, 1.165) is 19.5 Å². The van der Waals surface area contributed by atoms with Gasteiger partial charge in [0.25, 0.3) is 0 Å². The summed E-state index contributed by atoms with van der Waals surface area (Å²) in [4.78, 5) is 6.45. The van der Waals surface area contributed by atoms with Crippen LogP contribution in [0.25, 0.3) is 0 Å². The summed E-state index contributed by atoms with van der Waals surface area (Å²) in [6, 6.07) is 0.581. The Morgan fingerprint density at radius 3 is 3.00 bits per heavy atom. The maximum Gasteiger partial charge on any atom is 0.233 e. The molecule has 0 spiro atoms. The quantitative estimate of drug-likeness (QED) is 0.844. The predicted octanol–water partition coefficient (Wildman–Crippen LogP) is 1.59. The van der Waals surface area contributed by atoms with Crippen LogP contribution in [0.5, 0.6) is 0 Å². The van der Waals surface area contributed by atoms with Crippen LogP contribution in [-0.2, 0) is 6.54 Å². The summed E-state index contributed by atoms with van der Waals surface area (Å²) >= 11 is 0. The molecule has 2 aromatic heterocycles. The van der Waals surface area contributed by atoms with Crippen LogP contribution < -0.4 is 0 Å². The maximum absolute atomic E-state index is 5.58. The average Bonchev–Trinajstić information content (AvgIpc) is 3.10. The molecule has 3 heterocycles. The molecule has 0 saturated carbocycles. The second-order valence-corrected chi connectivity index (χ2v) is 5.34. The number of hydrogen-bond donors (Lipinski definition) is 0. The van der Waals surface area contributed by atoms with Crippen LogP contribution in [0, 0.1) is 6.92 Å². The smallest absolute Gasteiger partial charge is 0.233 e. The fraction of sp³-hybridized carbons (Fsp3) is 0.692. The first-order valence-corrected chi connectivity index (χ1v) is 7.12. The topological polar surface area (TPSA) is 72.9 Å². The summed E-state index contributed by atoms with van der Waals surface area (Å²) in [5.41, 5.74) is 0. The number of nitrogens with zero attached hydrogens (tertiary/aromatic N) is 6. The standard InChI is InChI=1S/C13H20N6O/c1-10(13-17-16-11(2)20-13)19-6-4-3-5-12(19)7-18-9-14-8-15-18/h8-10,12H,3-7H2,1-2H3/t10-,12-/m1/s1. The number of aryl methyl sites for hydroxylation is 1. The first-order chi connectivity index (χ1) is 9.74. The minimum atomic E-state index is 0.144. The highest BCUT2D eigenvalue weighted by Gasteiger charge is 2.30. The SMILES string of the molecule is Cc1nnc([C@@H](C)N2CCCC[C@@H]2Cn2cncn2)o1. The van der Waals surface area contributed by atoms with Crippen molar-refractivity contribution in [1.29, 1.82) is 0 Å². The summed E-state index contributed by atoms with van der Waals surface area (Å²) in [5.74, 6) is 1.32. The molecule has 3 rings (SSSR count). The van der Waals surface area contributed by atoms with Gasteiger partial charge in [0.1, 0.15) is 12.7 Å². The third kappa shape index (κ3) is 2.72. The Labute approximate surface area is 118 Å². The molecule has 1 saturated heterocycles. The molecular weight excluding hydrogens is 256 g/mol. The third-order valence-electron chi connectivity index (χ3n) is 3.93. The van der Waals surface area contributed by atoms with Crippen molar-refractivity contribution in [3.05, 3.63) is 24.4 Å². The molecule has 0 bridgehead atoms. The van der Waals surface area contributed by atoms with Crippen LogP contribution in [-0.4, -0.2) is 42.4 Å². The largest absolute Gasteiger partial charge is 0.424 e. The summed E-state index contributed by atoms with van der Waals surface area (Å²) in [5, 5.41) is 12.3. The van der Waals surface area contributed by atoms with Gasteiger partial charge in [-0.05, 0) is 26.3 Å². The first kappa shape index (κ1) is 13.2. The highest BCUT2D eigenvalue weighted by atomic mass is 16.4. The minimum absolute atomic E-state index is 0.144. The number of piperidine rings is 1. The monoisotopic (exact) mass is 276 g/mol. The second kappa shape index (κ2) is 5.70. The fourth-order valence-corrected chi connectivity index (χ4v) is 2.89. The summed E-state index contributed by atoms with van der Waals surface area (Å²) < 4.78 is 7.48. The Bertz CT molecular complexity index is 537. The molecule has 1 fully saturated rings. The van der Waals surface area contributed by atoms with Gasteiger partial charge < -0.3 is 4.42 Å². The van der Waals surface area contributed by atoms with Gasteiger partial charge in [-0.2, -0.15) is 5.10 Å². The molecule has 0 aliphatic carbocycles. The molecule has 20 heavy (non-hydrogen) atoms. The maximum atomic E-state index is 5.58. The van der Waals surface area contributed by atoms with Crippen LogP contribution in [0.2, 0.25) is 0 Å². The van der Waals surface area contributed by atoms with E-state index >= 15 is 0 Å². The van der Waals surface area contributed by atoms with Crippen molar-refractivity contribution < 1.29 is 4.42 Å². The summed E-state index contributed by atoms with van der Waals surface area (Å²) in [7, 11) is 0. The Balaban J connectivity index is 1.74. The lowest BCUT2D eigenvalue weighted by Crippen LogP contribution is -2.43. The van der Waals surface area contributed by atoms with Gasteiger partial charge >= 0.3 is 0 Å². The number of hydrogen-bond acceptors (Lipinski definition) is 6. The van der Waals surface area contributed by atoms with Crippen LogP contribution in [0.4, 0.5) is 0 Å². The molecule has 7 heteroatoms. The molecule has 1 aliphatic heterocycles. The summed E-state index contributed by atoms with van der Waals surface area (Å²) in [6.45, 7) is 5.87. The van der Waals surface area contributed by atoms with Crippen molar-refractivity contribution in [1.82, 2.24) is 29.9 Å². The van der Waals surface area contributed by atoms with Gasteiger partial charge in [-0.1, -0.05) is 6.42 Å². The molecule has 7 nitrogen and oxygen atoms in total. The average molecular weight is 276 g/mol. The van der Waals surface area contributed by atoms with Gasteiger partial charge in [0, 0.05) is 13.0 Å². The Hall–Kier alpha value is -1.76. The number of rotatable bonds is 4. The Morgan fingerprint density at radius 2 is 2.30 bits per heavy atom. The van der Waals surface area contributed by atoms with Gasteiger partial charge in [-0.25, -0.2) is 4.98 Å². The van der Waals surface area contributed by atoms with Crippen LogP contribution >= 0.6 is 0 Å². The molecule has 108 valence electrons. The van der Waals surface area contributed by atoms with E-state index in [-0.39, 0.29) is 6.04 Å². The van der Waals surface area contributed by atoms with Gasteiger partial charge in [0.15, 0.2) is 0 Å². The molecule has 0 unspecified atom stereocenters. The highest BCUT2D eigenvalue weighted by molar-refractivity contribution is 4.92. The molecule has 2 atom stereocenters. The summed E-state index contributed by atoms with van der Waals surface area (Å²) in [6.07, 6.45) is 6.99. The lowest BCUT2D eigenvalue weighted by molar-refractivity contribution is 0.0747. The molecule has 2 aromatic rings. The van der Waals surface area contributed by atoms with Crippen molar-refractivity contribution in [2.24, 2.45) is 0 Å². The van der Waals surface area contributed by atoms with Gasteiger partial charge in [0.05, 0.1) is 12.6 Å². The van der Waals surface area contributed by atoms with Crippen molar-refractivity contribution in [2.45, 2.75) is 51.7 Å². The van der Waals surface area contributed by atoms with E-state index < -0.39 is 0 Å². The highest BCUT2D eigenvalue weighted by Crippen LogP contribution is 2.28. The lowest BCUT2D eigenvalue weighted by atomic mass is 10.00. The molecule has 0 N–H and O–H groups in total. The fourth-order valence-electron chi connectivity index (χ4n) is 2.89. The lowest BCUT2D eigenvalue weighted by Gasteiger charge is -2.38. The zero-order valence-corrected chi connectivity index (χ0v) is 11.9. The molecule has 0 amide bonds. The van der Waals surface area contributed by atoms with Gasteiger partial charge in [-0.3, -0.25) is 9.58 Å². The van der Waals surface area contributed by atoms with E-state index in [9.17, 15) is 0 Å². The van der Waals surface area contributed by atoms with Gasteiger partial charge in [0.2, 0.25) is 11.8 Å². The minimum Gasteiger partial charge on any atom is -0.424 e. The van der Waals surface area contributed by atoms with E-state index in [1.165, 1.54) is 12.8 Å². The molecule has 0 aromatic carbocycles. The van der Waals surface area contributed by atoms with Crippen LogP contribution in [0.1, 0.15) is 44.0 Å². The normalized spacial score (nSPS) is 22.0. The van der Waals surface area contributed by atoms with Crippen molar-refractivity contribution >= 4 is 0 Å². The molecular formula is C13H20N6O. The third-order valence-corrected chi connectivity index (χ3v) is 3.93. The zero-order valence-electron chi connectivity index (χ0n) is 11.9. The van der Waals surface area contributed by atoms with E-state index in [0.29, 0.717) is 17.8 Å². The molecule has 1 aliphatic rings. The predicted molar refractivity (Wildman–Crippen MR) is 71.8 cm³/mol. The van der Waals surface area contributed by atoms with E-state index in [1.807, 2.05) is 11.6 Å². The Morgan fingerprint density at radius 1 is 1.40 bits per heavy atom. The van der Waals surface area contributed by atoms with Crippen molar-refractivity contribution in [3.8, 4) is 0 Å². The van der Waals surface area contributed by atoms with E-state index in [1.54, 1.807) is 12.7 Å². The Kier molecular flexibility index (Phi) is 3.77. The van der Waals surface area contributed by atoms with Crippen molar-refractivity contribution in [3.63, 3.8) is 0 Å². The van der Waals surface area contributed by atoms with Gasteiger partial charge in [-0.15, -0.1) is 10.2 Å². The molecule has 0 radical (unpaired) electrons. The number of likely N-dealkylation sites (tertiary alicyclic amines) is 1. The first-order valence-electron chi connectivity index (χ1n) is 7.12. The van der Waals surface area contributed by atoms with Crippen LogP contribution in [0.15, 0.2) is 17.1 Å². The number of aromatic nitrogens is 5. The van der Waals surface area contributed by atoms with E-state index in [2.05, 4.69) is 32.1 Å². The zero-order chi connectivity index (χ0) is 13.9. The second-order valence-electron chi connectivity index (χ2n) is 5.34. The van der Waals surface area contributed by atoms with Crippen LogP contribution in [0.3, 0.4) is 0 Å². The van der Waals surface area contributed by atoms with E-state index in [4.69, 9.17) is 4.42 Å².